The highest BCUT2D eigenvalue weighted by atomic mass is 16.5. The number of hydrogen-bond donors (Lipinski definition) is 0. The normalized spacial score (nSPS) is 17.1. The highest BCUT2D eigenvalue weighted by Crippen LogP contribution is 2.31. The molecule has 1 atom stereocenters. The molecule has 1 aliphatic heterocycles. The fraction of sp³-hybridized carbons (Fsp3) is 0.318. The monoisotopic (exact) mass is 361 g/mol. The summed E-state index contributed by atoms with van der Waals surface area (Å²) in [5.74, 6) is 1.21. The summed E-state index contributed by atoms with van der Waals surface area (Å²) in [5.41, 5.74) is 2.86. The lowest BCUT2D eigenvalue weighted by molar-refractivity contribution is 0.0706. The minimum absolute atomic E-state index is 0.0701. The van der Waals surface area contributed by atoms with Gasteiger partial charge in [-0.25, -0.2) is 0 Å². The number of likely N-dealkylation sites (tertiary alicyclic amines) is 1. The van der Waals surface area contributed by atoms with Crippen molar-refractivity contribution in [3.05, 3.63) is 65.7 Å². The fourth-order valence-electron chi connectivity index (χ4n) is 3.89. The number of fused-ring (bicyclic) bond motifs is 1. The average Bonchev–Trinajstić information content (AvgIpc) is 2.74. The molecule has 0 spiro atoms. The molecule has 1 unspecified atom stereocenters. The molecule has 1 aliphatic rings. The zero-order chi connectivity index (χ0) is 18.8. The highest BCUT2D eigenvalue weighted by Gasteiger charge is 2.26. The Labute approximate surface area is 159 Å². The molecule has 1 saturated heterocycles. The molecule has 0 radical (unpaired) electrons. The standard InChI is InChI=1S/C22H23N3O2/c1-15-19-12-20(24-13-17(19)5-6-21(15)27-2)18-4-3-11-25(14-18)22(26)16-7-9-23-10-8-16/h5-10,12-13,18H,3-4,11,14H2,1-2H3. The van der Waals surface area contributed by atoms with Gasteiger partial charge >= 0.3 is 0 Å². The molecule has 5 nitrogen and oxygen atoms in total. The smallest absolute Gasteiger partial charge is 0.253 e. The van der Waals surface area contributed by atoms with Gasteiger partial charge in [0.05, 0.1) is 7.11 Å². The van der Waals surface area contributed by atoms with Crippen molar-refractivity contribution in [2.45, 2.75) is 25.7 Å². The van der Waals surface area contributed by atoms with Gasteiger partial charge in [0.2, 0.25) is 0 Å². The summed E-state index contributed by atoms with van der Waals surface area (Å²) in [6.45, 7) is 3.56. The second kappa shape index (κ2) is 7.35. The molecule has 1 amide bonds. The Morgan fingerprint density at radius 1 is 1.22 bits per heavy atom. The van der Waals surface area contributed by atoms with Crippen LogP contribution in [0.3, 0.4) is 0 Å². The number of nitrogens with zero attached hydrogens (tertiary/aromatic N) is 3. The Morgan fingerprint density at radius 3 is 2.81 bits per heavy atom. The van der Waals surface area contributed by atoms with Crippen molar-refractivity contribution in [1.29, 1.82) is 0 Å². The van der Waals surface area contributed by atoms with Crippen molar-refractivity contribution >= 4 is 16.7 Å². The third-order valence-corrected chi connectivity index (χ3v) is 5.42. The number of aryl methyl sites for hydroxylation is 1. The van der Waals surface area contributed by atoms with Gasteiger partial charge in [-0.1, -0.05) is 0 Å². The van der Waals surface area contributed by atoms with Crippen LogP contribution in [0.1, 0.15) is 40.4 Å². The van der Waals surface area contributed by atoms with E-state index in [4.69, 9.17) is 9.72 Å². The van der Waals surface area contributed by atoms with E-state index in [-0.39, 0.29) is 11.8 Å². The number of methoxy groups -OCH3 is 1. The first kappa shape index (κ1) is 17.5. The number of pyridine rings is 2. The van der Waals surface area contributed by atoms with Gasteiger partial charge in [0.25, 0.3) is 5.91 Å². The van der Waals surface area contributed by atoms with Crippen molar-refractivity contribution in [3.63, 3.8) is 0 Å². The summed E-state index contributed by atoms with van der Waals surface area (Å²) in [6, 6.07) is 9.73. The second-order valence-corrected chi connectivity index (χ2v) is 7.05. The van der Waals surface area contributed by atoms with Crippen LogP contribution in [0.2, 0.25) is 0 Å². The Hall–Kier alpha value is -2.95. The molecule has 138 valence electrons. The minimum Gasteiger partial charge on any atom is -0.496 e. The van der Waals surface area contributed by atoms with E-state index in [0.717, 1.165) is 47.2 Å². The van der Waals surface area contributed by atoms with Crippen LogP contribution >= 0.6 is 0 Å². The largest absolute Gasteiger partial charge is 0.496 e. The maximum Gasteiger partial charge on any atom is 0.253 e. The SMILES string of the molecule is COc1ccc2cnc(C3CCCN(C(=O)c4ccncc4)C3)cc2c1C. The molecular weight excluding hydrogens is 338 g/mol. The molecule has 1 aromatic carbocycles. The number of hydrogen-bond acceptors (Lipinski definition) is 4. The molecule has 0 N–H and O–H groups in total. The summed E-state index contributed by atoms with van der Waals surface area (Å²) in [7, 11) is 1.69. The number of rotatable bonds is 3. The Kier molecular flexibility index (Phi) is 4.75. The summed E-state index contributed by atoms with van der Waals surface area (Å²) in [4.78, 5) is 23.4. The summed E-state index contributed by atoms with van der Waals surface area (Å²) < 4.78 is 5.46. The van der Waals surface area contributed by atoms with Crippen LogP contribution in [0.4, 0.5) is 0 Å². The lowest BCUT2D eigenvalue weighted by atomic mass is 9.92. The third kappa shape index (κ3) is 3.37. The zero-order valence-electron chi connectivity index (χ0n) is 15.7. The number of carbonyl (C=O) groups excluding carboxylic acids is 1. The van der Waals surface area contributed by atoms with Crippen molar-refractivity contribution in [2.24, 2.45) is 0 Å². The van der Waals surface area contributed by atoms with Crippen LogP contribution < -0.4 is 4.74 Å². The molecule has 27 heavy (non-hydrogen) atoms. The molecule has 1 fully saturated rings. The van der Waals surface area contributed by atoms with Crippen LogP contribution in [-0.4, -0.2) is 41.0 Å². The predicted molar refractivity (Wildman–Crippen MR) is 105 cm³/mol. The van der Waals surface area contributed by atoms with E-state index in [9.17, 15) is 4.79 Å². The summed E-state index contributed by atoms with van der Waals surface area (Å²) >= 11 is 0. The van der Waals surface area contributed by atoms with Gasteiger partial charge in [0, 0.05) is 54.2 Å². The molecule has 5 heteroatoms. The number of amides is 1. The Bertz CT molecular complexity index is 972. The molecule has 0 aliphatic carbocycles. The first-order valence-electron chi connectivity index (χ1n) is 9.30. The zero-order valence-corrected chi connectivity index (χ0v) is 15.7. The lowest BCUT2D eigenvalue weighted by Gasteiger charge is -2.32. The summed E-state index contributed by atoms with van der Waals surface area (Å²) in [6.07, 6.45) is 7.28. The molecule has 0 bridgehead atoms. The maximum atomic E-state index is 12.8. The minimum atomic E-state index is 0.0701. The van der Waals surface area contributed by atoms with Gasteiger partial charge in [0.1, 0.15) is 5.75 Å². The van der Waals surface area contributed by atoms with Gasteiger partial charge in [-0.2, -0.15) is 0 Å². The van der Waals surface area contributed by atoms with Crippen molar-refractivity contribution in [3.8, 4) is 5.75 Å². The molecule has 4 rings (SSSR count). The van der Waals surface area contributed by atoms with E-state index in [1.807, 2.05) is 23.2 Å². The van der Waals surface area contributed by atoms with Crippen LogP contribution in [0, 0.1) is 6.92 Å². The van der Waals surface area contributed by atoms with Crippen LogP contribution in [0.15, 0.2) is 48.9 Å². The topological polar surface area (TPSA) is 55.3 Å². The first-order valence-corrected chi connectivity index (χ1v) is 9.30. The van der Waals surface area contributed by atoms with Gasteiger partial charge in [-0.3, -0.25) is 14.8 Å². The Morgan fingerprint density at radius 2 is 2.04 bits per heavy atom. The second-order valence-electron chi connectivity index (χ2n) is 7.05. The average molecular weight is 361 g/mol. The Balaban J connectivity index is 1.61. The number of carbonyl (C=O) groups is 1. The lowest BCUT2D eigenvalue weighted by Crippen LogP contribution is -2.39. The highest BCUT2D eigenvalue weighted by molar-refractivity contribution is 5.94. The molecule has 3 aromatic rings. The van der Waals surface area contributed by atoms with Crippen molar-refractivity contribution < 1.29 is 9.53 Å². The van der Waals surface area contributed by atoms with E-state index < -0.39 is 0 Å². The van der Waals surface area contributed by atoms with Crippen molar-refractivity contribution in [2.75, 3.05) is 20.2 Å². The molecule has 3 heterocycles. The molecule has 2 aromatic heterocycles. The quantitative estimate of drug-likeness (QED) is 0.708. The van der Waals surface area contributed by atoms with Crippen molar-refractivity contribution in [1.82, 2.24) is 14.9 Å². The van der Waals surface area contributed by atoms with Gasteiger partial charge in [-0.05, 0) is 61.0 Å². The number of benzene rings is 1. The van der Waals surface area contributed by atoms with Gasteiger partial charge in [0.15, 0.2) is 0 Å². The first-order chi connectivity index (χ1) is 13.2. The number of aromatic nitrogens is 2. The van der Waals surface area contributed by atoms with Gasteiger partial charge < -0.3 is 9.64 Å². The molecule has 0 saturated carbocycles. The molecular formula is C22H23N3O2. The van der Waals surface area contributed by atoms with E-state index in [0.29, 0.717) is 12.1 Å². The van der Waals surface area contributed by atoms with Crippen LogP contribution in [-0.2, 0) is 0 Å². The fourth-order valence-corrected chi connectivity index (χ4v) is 3.89. The van der Waals surface area contributed by atoms with E-state index >= 15 is 0 Å². The van der Waals surface area contributed by atoms with Crippen LogP contribution in [0.5, 0.6) is 5.75 Å². The number of piperidine rings is 1. The van der Waals surface area contributed by atoms with Crippen LogP contribution in [0.25, 0.3) is 10.8 Å². The predicted octanol–water partition coefficient (Wildman–Crippen LogP) is 3.97. The third-order valence-electron chi connectivity index (χ3n) is 5.42. The summed E-state index contributed by atoms with van der Waals surface area (Å²) in [5, 5.41) is 2.27. The van der Waals surface area contributed by atoms with Gasteiger partial charge in [-0.15, -0.1) is 0 Å². The maximum absolute atomic E-state index is 12.8. The van der Waals surface area contributed by atoms with E-state index in [1.54, 1.807) is 31.6 Å². The van der Waals surface area contributed by atoms with E-state index in [2.05, 4.69) is 18.0 Å². The number of ether oxygens (including phenoxy) is 1. The van der Waals surface area contributed by atoms with E-state index in [1.165, 1.54) is 0 Å².